The van der Waals surface area contributed by atoms with Gasteiger partial charge in [0.2, 0.25) is 5.95 Å². The van der Waals surface area contributed by atoms with Gasteiger partial charge in [-0.2, -0.15) is 13.4 Å². The molecule has 0 atom stereocenters. The summed E-state index contributed by atoms with van der Waals surface area (Å²) in [6, 6.07) is 5.53. The Balaban J connectivity index is 1.70. The molecule has 0 bridgehead atoms. The van der Waals surface area contributed by atoms with Crippen LogP contribution in [0, 0.1) is 5.82 Å². The molecule has 0 spiro atoms. The van der Waals surface area contributed by atoms with Gasteiger partial charge in [0.1, 0.15) is 23.7 Å². The van der Waals surface area contributed by atoms with E-state index in [-0.39, 0.29) is 27.8 Å². The number of methoxy groups -OCH3 is 1. The van der Waals surface area contributed by atoms with Crippen molar-refractivity contribution in [3.8, 4) is 11.5 Å². The van der Waals surface area contributed by atoms with Crippen molar-refractivity contribution in [1.82, 2.24) is 14.9 Å². The Kier molecular flexibility index (Phi) is 7.85. The Hall–Kier alpha value is -2.99. The standard InChI is InChI=1S/C23H25ClF2N5O5PS/c1-31-6-5-13-8-19(35-2)18(7-14(13)12-31)28-23-27-11-16(24)22(30-23)29-21-17(25)9-15(36-38(26,33)34)10-20(21)37(3,4)32/h7-11H,5-6,12H2,1-4H3,(H2,27,28,29,30). The molecule has 2 heterocycles. The first-order chi connectivity index (χ1) is 17.7. The Labute approximate surface area is 224 Å². The molecule has 4 rings (SSSR count). The molecular formula is C23H25ClF2N5O5PS. The molecule has 10 nitrogen and oxygen atoms in total. The summed E-state index contributed by atoms with van der Waals surface area (Å²) in [5, 5.41) is 5.69. The predicted molar refractivity (Wildman–Crippen MR) is 143 cm³/mol. The van der Waals surface area contributed by atoms with Crippen LogP contribution in [-0.2, 0) is 28.0 Å². The Morgan fingerprint density at radius 3 is 2.55 bits per heavy atom. The SMILES string of the molecule is COc1cc2c(cc1Nc1ncc(Cl)c(Nc3c(F)cc(OS(=O)(=O)F)cc3P(C)(C)=O)n1)CN(C)CC2. The molecule has 1 aliphatic rings. The first kappa shape index (κ1) is 28.0. The fourth-order valence-electron chi connectivity index (χ4n) is 4.03. The average Bonchev–Trinajstić information content (AvgIpc) is 2.80. The molecule has 1 aromatic heterocycles. The maximum absolute atomic E-state index is 15.1. The van der Waals surface area contributed by atoms with E-state index in [1.807, 2.05) is 19.2 Å². The van der Waals surface area contributed by atoms with Crippen molar-refractivity contribution in [2.24, 2.45) is 0 Å². The van der Waals surface area contributed by atoms with Gasteiger partial charge in [0.05, 0.1) is 24.7 Å². The van der Waals surface area contributed by atoms with Crippen molar-refractivity contribution >= 4 is 57.7 Å². The fourth-order valence-corrected chi connectivity index (χ4v) is 5.63. The topological polar surface area (TPSA) is 123 Å². The van der Waals surface area contributed by atoms with Crippen LogP contribution in [0.2, 0.25) is 5.02 Å². The quantitative estimate of drug-likeness (QED) is 0.286. The first-order valence-electron chi connectivity index (χ1n) is 11.2. The molecule has 0 aliphatic carbocycles. The minimum Gasteiger partial charge on any atom is -0.495 e. The van der Waals surface area contributed by atoms with Crippen LogP contribution >= 0.6 is 18.7 Å². The summed E-state index contributed by atoms with van der Waals surface area (Å²) >= 11 is 6.27. The van der Waals surface area contributed by atoms with Crippen LogP contribution in [0.3, 0.4) is 0 Å². The summed E-state index contributed by atoms with van der Waals surface area (Å²) in [5.41, 5.74) is 2.63. The number of fused-ring (bicyclic) bond motifs is 1. The zero-order chi connectivity index (χ0) is 27.8. The van der Waals surface area contributed by atoms with Crippen LogP contribution < -0.4 is 24.9 Å². The maximum atomic E-state index is 15.1. The second kappa shape index (κ2) is 10.6. The lowest BCUT2D eigenvalue weighted by atomic mass is 9.99. The van der Waals surface area contributed by atoms with Crippen LogP contribution in [0.15, 0.2) is 30.5 Å². The number of ether oxygens (including phenoxy) is 1. The molecule has 2 N–H and O–H groups in total. The third kappa shape index (κ3) is 6.52. The van der Waals surface area contributed by atoms with Gasteiger partial charge >= 0.3 is 10.5 Å². The number of rotatable bonds is 8. The van der Waals surface area contributed by atoms with E-state index >= 15 is 4.39 Å². The molecule has 0 radical (unpaired) electrons. The summed E-state index contributed by atoms with van der Waals surface area (Å²) in [5.74, 6) is -1.06. The maximum Gasteiger partial charge on any atom is 0.488 e. The number of halogens is 3. The lowest BCUT2D eigenvalue weighted by Crippen LogP contribution is -2.26. The number of nitrogens with one attached hydrogen (secondary N) is 2. The number of hydrogen-bond donors (Lipinski definition) is 2. The highest BCUT2D eigenvalue weighted by Crippen LogP contribution is 2.42. The second-order valence-corrected chi connectivity index (χ2v) is 13.6. The second-order valence-electron chi connectivity index (χ2n) is 9.08. The smallest absolute Gasteiger partial charge is 0.488 e. The molecule has 1 aliphatic heterocycles. The first-order valence-corrected chi connectivity index (χ1v) is 15.5. The molecule has 3 aromatic rings. The van der Waals surface area contributed by atoms with Crippen LogP contribution in [-0.4, -0.2) is 57.3 Å². The molecule has 0 unspecified atom stereocenters. The molecular weight excluding hydrogens is 563 g/mol. The number of aromatic nitrogens is 2. The third-order valence-corrected chi connectivity index (χ3v) is 7.96. The summed E-state index contributed by atoms with van der Waals surface area (Å²) < 4.78 is 72.4. The fraction of sp³-hybridized carbons (Fsp3) is 0.304. The Morgan fingerprint density at radius 2 is 1.89 bits per heavy atom. The molecule has 15 heteroatoms. The average molecular weight is 588 g/mol. The van der Waals surface area contributed by atoms with E-state index in [4.69, 9.17) is 16.3 Å². The zero-order valence-electron chi connectivity index (χ0n) is 20.9. The van der Waals surface area contributed by atoms with E-state index < -0.39 is 29.2 Å². The normalized spacial score (nSPS) is 14.1. The number of likely N-dealkylation sites (N-methyl/N-ethyl adjacent to an activating group) is 1. The summed E-state index contributed by atoms with van der Waals surface area (Å²) in [4.78, 5) is 10.7. The molecule has 204 valence electrons. The molecule has 0 amide bonds. The summed E-state index contributed by atoms with van der Waals surface area (Å²) in [7, 11) is -5.08. The van der Waals surface area contributed by atoms with Crippen molar-refractivity contribution in [3.63, 3.8) is 0 Å². The van der Waals surface area contributed by atoms with Gasteiger partial charge in [0.25, 0.3) is 0 Å². The predicted octanol–water partition coefficient (Wildman–Crippen LogP) is 4.59. The van der Waals surface area contributed by atoms with Crippen LogP contribution in [0.4, 0.5) is 31.4 Å². The van der Waals surface area contributed by atoms with Gasteiger partial charge in [0.15, 0.2) is 11.6 Å². The molecule has 0 saturated carbocycles. The number of anilines is 4. The van der Waals surface area contributed by atoms with E-state index in [1.165, 1.54) is 25.1 Å². The molecule has 38 heavy (non-hydrogen) atoms. The summed E-state index contributed by atoms with van der Waals surface area (Å²) in [6.07, 6.45) is 2.18. The van der Waals surface area contributed by atoms with E-state index in [0.717, 1.165) is 31.1 Å². The molecule has 0 fully saturated rings. The van der Waals surface area contributed by atoms with E-state index in [1.54, 1.807) is 7.11 Å². The van der Waals surface area contributed by atoms with E-state index in [0.29, 0.717) is 17.5 Å². The van der Waals surface area contributed by atoms with Gasteiger partial charge < -0.3 is 29.0 Å². The van der Waals surface area contributed by atoms with E-state index in [9.17, 15) is 16.9 Å². The zero-order valence-corrected chi connectivity index (χ0v) is 23.3. The van der Waals surface area contributed by atoms with Gasteiger partial charge in [-0.1, -0.05) is 15.5 Å². The van der Waals surface area contributed by atoms with Gasteiger partial charge in [-0.25, -0.2) is 9.37 Å². The van der Waals surface area contributed by atoms with Crippen molar-refractivity contribution in [1.29, 1.82) is 0 Å². The van der Waals surface area contributed by atoms with Gasteiger partial charge in [-0.15, -0.1) is 0 Å². The Morgan fingerprint density at radius 1 is 1.16 bits per heavy atom. The van der Waals surface area contributed by atoms with Gasteiger partial charge in [0, 0.05) is 24.5 Å². The van der Waals surface area contributed by atoms with E-state index in [2.05, 4.69) is 29.7 Å². The van der Waals surface area contributed by atoms with Crippen LogP contribution in [0.25, 0.3) is 0 Å². The minimum absolute atomic E-state index is 0.0219. The minimum atomic E-state index is -5.42. The summed E-state index contributed by atoms with van der Waals surface area (Å²) in [6.45, 7) is 4.36. The molecule has 2 aromatic carbocycles. The van der Waals surface area contributed by atoms with Gasteiger partial charge in [-0.3, -0.25) is 0 Å². The lowest BCUT2D eigenvalue weighted by molar-refractivity contribution is 0.312. The van der Waals surface area contributed by atoms with Crippen molar-refractivity contribution in [2.45, 2.75) is 13.0 Å². The number of hydrogen-bond acceptors (Lipinski definition) is 10. The highest BCUT2D eigenvalue weighted by molar-refractivity contribution is 7.81. The van der Waals surface area contributed by atoms with Crippen molar-refractivity contribution in [3.05, 3.63) is 52.4 Å². The number of nitrogens with zero attached hydrogens (tertiary/aromatic N) is 3. The van der Waals surface area contributed by atoms with Crippen LogP contribution in [0.5, 0.6) is 11.5 Å². The highest BCUT2D eigenvalue weighted by Gasteiger charge is 2.25. The monoisotopic (exact) mass is 587 g/mol. The van der Waals surface area contributed by atoms with Gasteiger partial charge in [-0.05, 0) is 56.1 Å². The lowest BCUT2D eigenvalue weighted by Gasteiger charge is -2.26. The molecule has 0 saturated heterocycles. The largest absolute Gasteiger partial charge is 0.495 e. The van der Waals surface area contributed by atoms with Crippen LogP contribution in [0.1, 0.15) is 11.1 Å². The third-order valence-electron chi connectivity index (χ3n) is 5.78. The highest BCUT2D eigenvalue weighted by atomic mass is 35.5. The Bertz CT molecular complexity index is 1550. The van der Waals surface area contributed by atoms with Crippen molar-refractivity contribution in [2.75, 3.05) is 44.7 Å². The van der Waals surface area contributed by atoms with Crippen molar-refractivity contribution < 1.29 is 30.2 Å². The number of benzene rings is 2.